The lowest BCUT2D eigenvalue weighted by atomic mass is 10.0. The molecule has 2 rings (SSSR count). The van der Waals surface area contributed by atoms with E-state index in [0.29, 0.717) is 0 Å². The van der Waals surface area contributed by atoms with Gasteiger partial charge in [0.1, 0.15) is 5.75 Å². The summed E-state index contributed by atoms with van der Waals surface area (Å²) in [6.45, 7) is 4.91. The largest absolute Gasteiger partial charge is 0.497 e. The van der Waals surface area contributed by atoms with E-state index in [1.54, 1.807) is 13.3 Å². The van der Waals surface area contributed by atoms with E-state index in [9.17, 15) is 0 Å². The molecule has 0 saturated heterocycles. The molecule has 0 aliphatic carbocycles. The normalized spacial score (nSPS) is 12.2. The molecule has 5 heteroatoms. The van der Waals surface area contributed by atoms with Gasteiger partial charge in [-0.1, -0.05) is 22.9 Å². The van der Waals surface area contributed by atoms with E-state index in [0.717, 1.165) is 34.6 Å². The lowest BCUT2D eigenvalue weighted by Gasteiger charge is -2.18. The maximum Gasteiger partial charge on any atom is 0.119 e. The molecule has 1 unspecified atom stereocenters. The Labute approximate surface area is 134 Å². The molecule has 1 aromatic carbocycles. The maximum absolute atomic E-state index is 5.30. The topological polar surface area (TPSA) is 47.0 Å². The molecular weight excluding hydrogens is 330 g/mol. The van der Waals surface area contributed by atoms with Gasteiger partial charge in [-0.15, -0.1) is 0 Å². The van der Waals surface area contributed by atoms with Crippen LogP contribution in [0.3, 0.4) is 0 Å². The van der Waals surface area contributed by atoms with Crippen LogP contribution < -0.4 is 10.1 Å². The molecule has 1 N–H and O–H groups in total. The fourth-order valence-electron chi connectivity index (χ4n) is 2.16. The lowest BCUT2D eigenvalue weighted by Crippen LogP contribution is -2.24. The van der Waals surface area contributed by atoms with Gasteiger partial charge in [-0.3, -0.25) is 9.97 Å². The first-order chi connectivity index (χ1) is 10.1. The van der Waals surface area contributed by atoms with Crippen LogP contribution in [-0.4, -0.2) is 23.6 Å². The first-order valence-electron chi connectivity index (χ1n) is 6.98. The molecule has 0 amide bonds. The third kappa shape index (κ3) is 4.25. The van der Waals surface area contributed by atoms with Crippen molar-refractivity contribution < 1.29 is 4.74 Å². The molecule has 21 heavy (non-hydrogen) atoms. The van der Waals surface area contributed by atoms with Crippen molar-refractivity contribution >= 4 is 15.9 Å². The summed E-state index contributed by atoms with van der Waals surface area (Å²) in [5.74, 6) is 0.860. The van der Waals surface area contributed by atoms with Crippen LogP contribution >= 0.6 is 15.9 Å². The molecule has 0 aliphatic rings. The highest BCUT2D eigenvalue weighted by Crippen LogP contribution is 2.26. The van der Waals surface area contributed by atoms with Gasteiger partial charge in [0, 0.05) is 10.7 Å². The molecule has 112 valence electrons. The highest BCUT2D eigenvalue weighted by atomic mass is 79.9. The van der Waals surface area contributed by atoms with Crippen LogP contribution in [0.2, 0.25) is 0 Å². The van der Waals surface area contributed by atoms with Crippen molar-refractivity contribution in [2.45, 2.75) is 26.3 Å². The van der Waals surface area contributed by atoms with E-state index >= 15 is 0 Å². The van der Waals surface area contributed by atoms with Gasteiger partial charge in [-0.2, -0.15) is 0 Å². The van der Waals surface area contributed by atoms with E-state index in [4.69, 9.17) is 4.74 Å². The number of hydrogen-bond acceptors (Lipinski definition) is 4. The van der Waals surface area contributed by atoms with Gasteiger partial charge < -0.3 is 10.1 Å². The van der Waals surface area contributed by atoms with E-state index in [-0.39, 0.29) is 6.04 Å². The molecule has 1 aromatic heterocycles. The minimum atomic E-state index is 0.131. The van der Waals surface area contributed by atoms with Crippen LogP contribution in [0.4, 0.5) is 0 Å². The third-order valence-corrected chi connectivity index (χ3v) is 4.06. The number of methoxy groups -OCH3 is 1. The minimum absolute atomic E-state index is 0.131. The Balaban J connectivity index is 2.25. The van der Waals surface area contributed by atoms with Crippen molar-refractivity contribution in [2.24, 2.45) is 0 Å². The Morgan fingerprint density at radius 2 is 2.10 bits per heavy atom. The number of benzene rings is 1. The number of nitrogens with one attached hydrogen (secondary N) is 1. The van der Waals surface area contributed by atoms with Crippen molar-refractivity contribution in [3.63, 3.8) is 0 Å². The number of nitrogens with zero attached hydrogens (tertiary/aromatic N) is 2. The second-order valence-electron chi connectivity index (χ2n) is 4.85. The summed E-state index contributed by atoms with van der Waals surface area (Å²) < 4.78 is 6.38. The third-order valence-electron chi connectivity index (χ3n) is 3.29. The number of aromatic nitrogens is 2. The van der Waals surface area contributed by atoms with Crippen molar-refractivity contribution in [3.05, 3.63) is 52.0 Å². The SMILES string of the molecule is CCNC(Cc1cc(OC)ccc1Br)c1cnc(C)cn1. The van der Waals surface area contributed by atoms with Gasteiger partial charge in [-0.25, -0.2) is 0 Å². The molecule has 2 aromatic rings. The molecule has 0 aliphatic heterocycles. The number of hydrogen-bond donors (Lipinski definition) is 1. The Bertz CT molecular complexity index is 587. The average molecular weight is 350 g/mol. The van der Waals surface area contributed by atoms with Crippen LogP contribution in [0, 0.1) is 6.92 Å². The van der Waals surface area contributed by atoms with Crippen molar-refractivity contribution in [1.29, 1.82) is 0 Å². The van der Waals surface area contributed by atoms with Crippen LogP contribution in [0.25, 0.3) is 0 Å². The predicted molar refractivity (Wildman–Crippen MR) is 87.6 cm³/mol. The van der Waals surface area contributed by atoms with Crippen molar-refractivity contribution in [1.82, 2.24) is 15.3 Å². The first-order valence-corrected chi connectivity index (χ1v) is 7.77. The van der Waals surface area contributed by atoms with E-state index in [1.165, 1.54) is 5.56 Å². The highest BCUT2D eigenvalue weighted by Gasteiger charge is 2.15. The first kappa shape index (κ1) is 15.9. The maximum atomic E-state index is 5.30. The molecule has 0 spiro atoms. The van der Waals surface area contributed by atoms with Crippen molar-refractivity contribution in [2.75, 3.05) is 13.7 Å². The Morgan fingerprint density at radius 3 is 2.71 bits per heavy atom. The predicted octanol–water partition coefficient (Wildman–Crippen LogP) is 3.45. The molecule has 0 bridgehead atoms. The van der Waals surface area contributed by atoms with Crippen LogP contribution in [0.15, 0.2) is 35.1 Å². The fraction of sp³-hybridized carbons (Fsp3) is 0.375. The van der Waals surface area contributed by atoms with Gasteiger partial charge in [0.2, 0.25) is 0 Å². The second-order valence-corrected chi connectivity index (χ2v) is 5.71. The van der Waals surface area contributed by atoms with Crippen molar-refractivity contribution in [3.8, 4) is 5.75 Å². The highest BCUT2D eigenvalue weighted by molar-refractivity contribution is 9.10. The van der Waals surface area contributed by atoms with Crippen LogP contribution in [-0.2, 0) is 6.42 Å². The zero-order valence-corrected chi connectivity index (χ0v) is 14.1. The van der Waals surface area contributed by atoms with Gasteiger partial charge in [0.25, 0.3) is 0 Å². The number of likely N-dealkylation sites (N-methyl/N-ethyl adjacent to an activating group) is 1. The molecule has 4 nitrogen and oxygen atoms in total. The average Bonchev–Trinajstić information content (AvgIpc) is 2.49. The molecular formula is C16H20BrN3O. The van der Waals surface area contributed by atoms with Gasteiger partial charge in [0.15, 0.2) is 0 Å². The summed E-state index contributed by atoms with van der Waals surface area (Å²) >= 11 is 3.60. The quantitative estimate of drug-likeness (QED) is 0.867. The summed E-state index contributed by atoms with van der Waals surface area (Å²) in [6, 6.07) is 6.14. The number of rotatable bonds is 6. The van der Waals surface area contributed by atoms with Gasteiger partial charge in [0.05, 0.1) is 30.7 Å². The van der Waals surface area contributed by atoms with Crippen LogP contribution in [0.1, 0.15) is 29.9 Å². The molecule has 0 fully saturated rings. The second kappa shape index (κ2) is 7.52. The summed E-state index contributed by atoms with van der Waals surface area (Å²) in [5, 5.41) is 3.47. The number of aryl methyl sites for hydroxylation is 1. The van der Waals surface area contributed by atoms with E-state index in [1.807, 2.05) is 25.3 Å². The fourth-order valence-corrected chi connectivity index (χ4v) is 2.57. The van der Waals surface area contributed by atoms with E-state index < -0.39 is 0 Å². The summed E-state index contributed by atoms with van der Waals surface area (Å²) in [7, 11) is 1.68. The molecule has 1 atom stereocenters. The molecule has 0 saturated carbocycles. The summed E-state index contributed by atoms with van der Waals surface area (Å²) in [5.41, 5.74) is 3.07. The zero-order chi connectivity index (χ0) is 15.2. The monoisotopic (exact) mass is 349 g/mol. The molecule has 0 radical (unpaired) electrons. The Kier molecular flexibility index (Phi) is 5.70. The summed E-state index contributed by atoms with van der Waals surface area (Å²) in [4.78, 5) is 8.84. The van der Waals surface area contributed by atoms with Crippen LogP contribution in [0.5, 0.6) is 5.75 Å². The lowest BCUT2D eigenvalue weighted by molar-refractivity contribution is 0.413. The number of halogens is 1. The summed E-state index contributed by atoms with van der Waals surface area (Å²) in [6.07, 6.45) is 4.47. The van der Waals surface area contributed by atoms with E-state index in [2.05, 4.69) is 44.2 Å². The van der Waals surface area contributed by atoms with Gasteiger partial charge >= 0.3 is 0 Å². The minimum Gasteiger partial charge on any atom is -0.497 e. The zero-order valence-electron chi connectivity index (χ0n) is 12.6. The standard InChI is InChI=1S/C16H20BrN3O/c1-4-18-15(16-10-19-11(2)9-20-16)8-12-7-13(21-3)5-6-14(12)17/h5-7,9-10,15,18H,4,8H2,1-3H3. The smallest absolute Gasteiger partial charge is 0.119 e. The number of ether oxygens (including phenoxy) is 1. The Morgan fingerprint density at radius 1 is 1.29 bits per heavy atom. The van der Waals surface area contributed by atoms with Gasteiger partial charge in [-0.05, 0) is 43.7 Å². The molecule has 1 heterocycles. The Hall–Kier alpha value is -1.46.